The number of hydrogen-bond donors (Lipinski definition) is 0. The van der Waals surface area contributed by atoms with Crippen molar-refractivity contribution in [1.29, 1.82) is 0 Å². The molecule has 0 saturated carbocycles. The average Bonchev–Trinajstić information content (AvgIpc) is 2.77. The van der Waals surface area contributed by atoms with E-state index in [4.69, 9.17) is 4.74 Å². The Morgan fingerprint density at radius 2 is 1.29 bits per heavy atom. The van der Waals surface area contributed by atoms with E-state index in [2.05, 4.69) is 104 Å². The lowest BCUT2D eigenvalue weighted by Crippen LogP contribution is -2.27. The summed E-state index contributed by atoms with van der Waals surface area (Å²) in [6.45, 7) is 8.21. The maximum Gasteiger partial charge on any atom is 0.119 e. The molecule has 146 valence electrons. The fourth-order valence-electron chi connectivity index (χ4n) is 3.59. The molecule has 0 amide bonds. The molecule has 0 heterocycles. The van der Waals surface area contributed by atoms with Gasteiger partial charge in [-0.15, -0.1) is 0 Å². The van der Waals surface area contributed by atoms with Gasteiger partial charge in [0.15, 0.2) is 0 Å². The first-order valence-electron chi connectivity index (χ1n) is 10.3. The van der Waals surface area contributed by atoms with Gasteiger partial charge in [0.2, 0.25) is 0 Å². The topological polar surface area (TPSA) is 12.5 Å². The number of ether oxygens (including phenoxy) is 1. The zero-order chi connectivity index (χ0) is 19.6. The summed E-state index contributed by atoms with van der Waals surface area (Å²) in [7, 11) is 0. The predicted molar refractivity (Wildman–Crippen MR) is 118 cm³/mol. The highest BCUT2D eigenvalue weighted by atomic mass is 16.5. The first-order valence-corrected chi connectivity index (χ1v) is 10.3. The molecule has 0 aromatic heterocycles. The minimum absolute atomic E-state index is 0.341. The van der Waals surface area contributed by atoms with Crippen LogP contribution < -0.4 is 4.74 Å². The molecule has 0 aliphatic rings. The van der Waals surface area contributed by atoms with E-state index in [0.717, 1.165) is 38.4 Å². The van der Waals surface area contributed by atoms with Crippen molar-refractivity contribution in [2.24, 2.45) is 0 Å². The second-order valence-electron chi connectivity index (χ2n) is 7.10. The van der Waals surface area contributed by atoms with E-state index in [-0.39, 0.29) is 0 Å². The molecule has 3 aromatic rings. The largest absolute Gasteiger partial charge is 0.492 e. The highest BCUT2D eigenvalue weighted by Gasteiger charge is 2.15. The van der Waals surface area contributed by atoms with Crippen molar-refractivity contribution in [3.8, 4) is 5.75 Å². The zero-order valence-corrected chi connectivity index (χ0v) is 17.1. The lowest BCUT2D eigenvalue weighted by Gasteiger charge is -2.20. The summed E-state index contributed by atoms with van der Waals surface area (Å²) in [5, 5.41) is 0. The van der Waals surface area contributed by atoms with Gasteiger partial charge in [-0.3, -0.25) is 0 Å². The second kappa shape index (κ2) is 10.7. The molecule has 1 atom stereocenters. The molecule has 0 aliphatic carbocycles. The van der Waals surface area contributed by atoms with Crippen molar-refractivity contribution in [1.82, 2.24) is 4.90 Å². The van der Waals surface area contributed by atoms with Crippen molar-refractivity contribution in [2.75, 3.05) is 26.2 Å². The summed E-state index contributed by atoms with van der Waals surface area (Å²) in [4.78, 5) is 2.37. The summed E-state index contributed by atoms with van der Waals surface area (Å²) < 4.78 is 5.96. The Bertz CT molecular complexity index is 795. The molecule has 0 aliphatic heterocycles. The third-order valence-corrected chi connectivity index (χ3v) is 5.34. The van der Waals surface area contributed by atoms with Crippen molar-refractivity contribution >= 4 is 0 Å². The van der Waals surface area contributed by atoms with Crippen LogP contribution in [0.15, 0.2) is 84.9 Å². The van der Waals surface area contributed by atoms with Crippen LogP contribution in [-0.4, -0.2) is 31.1 Å². The van der Waals surface area contributed by atoms with E-state index in [1.165, 1.54) is 16.7 Å². The molecular formula is C26H31NO. The van der Waals surface area contributed by atoms with E-state index in [1.807, 2.05) is 0 Å². The fourth-order valence-corrected chi connectivity index (χ4v) is 3.59. The smallest absolute Gasteiger partial charge is 0.119 e. The number of benzene rings is 3. The Hall–Kier alpha value is -2.58. The number of nitrogens with zero attached hydrogens (tertiary/aromatic N) is 1. The number of rotatable bonds is 10. The third kappa shape index (κ3) is 5.71. The number of hydrogen-bond acceptors (Lipinski definition) is 2. The maximum atomic E-state index is 5.96. The molecule has 3 aromatic carbocycles. The highest BCUT2D eigenvalue weighted by molar-refractivity contribution is 5.38. The monoisotopic (exact) mass is 373 g/mol. The average molecular weight is 374 g/mol. The van der Waals surface area contributed by atoms with Gasteiger partial charge >= 0.3 is 0 Å². The minimum atomic E-state index is 0.341. The fraction of sp³-hybridized carbons (Fsp3) is 0.308. The molecular weight excluding hydrogens is 342 g/mol. The van der Waals surface area contributed by atoms with Crippen LogP contribution in [0.3, 0.4) is 0 Å². The van der Waals surface area contributed by atoms with Crippen LogP contribution in [0.4, 0.5) is 0 Å². The van der Waals surface area contributed by atoms with Gasteiger partial charge in [-0.1, -0.05) is 86.6 Å². The van der Waals surface area contributed by atoms with Crippen LogP contribution in [0.25, 0.3) is 0 Å². The molecule has 0 saturated heterocycles. The molecule has 1 unspecified atom stereocenters. The first kappa shape index (κ1) is 20.2. The lowest BCUT2D eigenvalue weighted by molar-refractivity contribution is 0.223. The van der Waals surface area contributed by atoms with Gasteiger partial charge < -0.3 is 9.64 Å². The second-order valence-corrected chi connectivity index (χ2v) is 7.10. The van der Waals surface area contributed by atoms with Crippen molar-refractivity contribution in [3.63, 3.8) is 0 Å². The van der Waals surface area contributed by atoms with Crippen LogP contribution in [0.5, 0.6) is 5.75 Å². The Morgan fingerprint density at radius 1 is 0.714 bits per heavy atom. The van der Waals surface area contributed by atoms with Crippen LogP contribution in [0, 0.1) is 0 Å². The molecule has 2 heteroatoms. The molecule has 0 N–H and O–H groups in total. The van der Waals surface area contributed by atoms with Gasteiger partial charge in [-0.05, 0) is 48.3 Å². The predicted octanol–water partition coefficient (Wildman–Crippen LogP) is 5.78. The molecule has 0 fully saturated rings. The minimum Gasteiger partial charge on any atom is -0.492 e. The van der Waals surface area contributed by atoms with Crippen LogP contribution in [0.2, 0.25) is 0 Å². The Labute approximate surface area is 169 Å². The Morgan fingerprint density at radius 3 is 1.89 bits per heavy atom. The van der Waals surface area contributed by atoms with Gasteiger partial charge in [0.1, 0.15) is 12.4 Å². The molecule has 3 rings (SSSR count). The van der Waals surface area contributed by atoms with Crippen LogP contribution in [0.1, 0.15) is 36.5 Å². The van der Waals surface area contributed by atoms with Crippen LogP contribution >= 0.6 is 0 Å². The Kier molecular flexibility index (Phi) is 7.69. The molecule has 0 bridgehead atoms. The molecule has 2 nitrogen and oxygen atoms in total. The van der Waals surface area contributed by atoms with Gasteiger partial charge in [0.05, 0.1) is 0 Å². The first-order chi connectivity index (χ1) is 13.8. The van der Waals surface area contributed by atoms with E-state index < -0.39 is 0 Å². The van der Waals surface area contributed by atoms with E-state index in [0.29, 0.717) is 5.92 Å². The van der Waals surface area contributed by atoms with Gasteiger partial charge in [-0.2, -0.15) is 0 Å². The lowest BCUT2D eigenvalue weighted by atomic mass is 9.86. The summed E-state index contributed by atoms with van der Waals surface area (Å²) >= 11 is 0. The van der Waals surface area contributed by atoms with E-state index in [1.54, 1.807) is 0 Å². The summed E-state index contributed by atoms with van der Waals surface area (Å²) in [6.07, 6.45) is 0.993. The normalized spacial score (nSPS) is 12.1. The Balaban J connectivity index is 1.71. The van der Waals surface area contributed by atoms with Crippen molar-refractivity contribution < 1.29 is 4.74 Å². The van der Waals surface area contributed by atoms with E-state index >= 15 is 0 Å². The quantitative estimate of drug-likeness (QED) is 0.446. The summed E-state index contributed by atoms with van der Waals surface area (Å²) in [5.41, 5.74) is 4.03. The van der Waals surface area contributed by atoms with E-state index in [9.17, 15) is 0 Å². The standard InChI is InChI=1S/C26H31NO/c1-3-27(4-2)19-20-28-25-17-15-24(16-18-25)26(23-13-9-6-10-14-23)21-22-11-7-5-8-12-22/h5-18,26H,3-4,19-21H2,1-2H3. The van der Waals surface area contributed by atoms with Crippen LogP contribution in [-0.2, 0) is 6.42 Å². The highest BCUT2D eigenvalue weighted by Crippen LogP contribution is 2.29. The third-order valence-electron chi connectivity index (χ3n) is 5.34. The van der Waals surface area contributed by atoms with Gasteiger partial charge in [0.25, 0.3) is 0 Å². The van der Waals surface area contributed by atoms with Gasteiger partial charge in [-0.25, -0.2) is 0 Å². The van der Waals surface area contributed by atoms with Crippen molar-refractivity contribution in [2.45, 2.75) is 26.2 Å². The van der Waals surface area contributed by atoms with Gasteiger partial charge in [0, 0.05) is 12.5 Å². The number of likely N-dealkylation sites (N-methyl/N-ethyl adjacent to an activating group) is 1. The maximum absolute atomic E-state index is 5.96. The van der Waals surface area contributed by atoms with Crippen molar-refractivity contribution in [3.05, 3.63) is 102 Å². The molecule has 0 radical (unpaired) electrons. The molecule has 28 heavy (non-hydrogen) atoms. The summed E-state index contributed by atoms with van der Waals surface area (Å²) in [5.74, 6) is 1.29. The molecule has 0 spiro atoms. The SMILES string of the molecule is CCN(CC)CCOc1ccc(C(Cc2ccccc2)c2ccccc2)cc1. The summed E-state index contributed by atoms with van der Waals surface area (Å²) in [6, 6.07) is 30.1. The zero-order valence-electron chi connectivity index (χ0n) is 17.1.